The molecule has 3 aromatic rings. The lowest BCUT2D eigenvalue weighted by Crippen LogP contribution is -2.44. The number of piperidine rings is 1. The number of aromatic amines is 1. The van der Waals surface area contributed by atoms with Gasteiger partial charge in [0.05, 0.1) is 5.92 Å². The molecular weight excluding hydrogens is 436 g/mol. The molecule has 6 heteroatoms. The van der Waals surface area contributed by atoms with Crippen LogP contribution in [0, 0.1) is 5.92 Å². The van der Waals surface area contributed by atoms with Gasteiger partial charge in [0, 0.05) is 68.5 Å². The fraction of sp³-hybridized carbons (Fsp3) is 0.483. The Bertz CT molecular complexity index is 1150. The summed E-state index contributed by atoms with van der Waals surface area (Å²) in [6, 6.07) is 15.2. The predicted molar refractivity (Wildman–Crippen MR) is 140 cm³/mol. The van der Waals surface area contributed by atoms with Gasteiger partial charge in [0.15, 0.2) is 0 Å². The zero-order valence-corrected chi connectivity index (χ0v) is 21.1. The number of rotatable bonds is 7. The Morgan fingerprint density at radius 2 is 1.94 bits per heavy atom. The second-order valence-corrected chi connectivity index (χ2v) is 9.95. The maximum Gasteiger partial charge on any atom is 0.226 e. The van der Waals surface area contributed by atoms with Crippen molar-refractivity contribution in [2.24, 2.45) is 5.92 Å². The van der Waals surface area contributed by atoms with Gasteiger partial charge in [-0.25, -0.2) is 0 Å². The van der Waals surface area contributed by atoms with Crippen molar-refractivity contribution in [3.63, 3.8) is 0 Å². The van der Waals surface area contributed by atoms with Crippen molar-refractivity contribution in [1.29, 1.82) is 0 Å². The number of benzene rings is 2. The van der Waals surface area contributed by atoms with E-state index in [1.807, 2.05) is 4.90 Å². The Hall–Kier alpha value is -2.83. The molecule has 1 unspecified atom stereocenters. The van der Waals surface area contributed by atoms with Crippen molar-refractivity contribution in [1.82, 2.24) is 19.7 Å². The average molecular weight is 475 g/mol. The number of carbonyl (C=O) groups is 1. The molecule has 1 aromatic heterocycles. The normalized spacial score (nSPS) is 19.2. The minimum Gasteiger partial charge on any atom is -0.492 e. The van der Waals surface area contributed by atoms with Gasteiger partial charge in [-0.15, -0.1) is 0 Å². The first-order valence-corrected chi connectivity index (χ1v) is 13.2. The van der Waals surface area contributed by atoms with Crippen LogP contribution in [0.3, 0.4) is 0 Å². The number of hydrogen-bond donors (Lipinski definition) is 1. The predicted octanol–water partition coefficient (Wildman–Crippen LogP) is 4.64. The Balaban J connectivity index is 1.26. The first-order chi connectivity index (χ1) is 17.1. The molecule has 0 aliphatic carbocycles. The van der Waals surface area contributed by atoms with E-state index in [1.54, 1.807) is 0 Å². The number of amides is 1. The lowest BCUT2D eigenvalue weighted by Gasteiger charge is -2.34. The molecule has 5 rings (SSSR count). The zero-order valence-electron chi connectivity index (χ0n) is 21.1. The summed E-state index contributed by atoms with van der Waals surface area (Å²) in [5, 5.41) is 1.30. The van der Waals surface area contributed by atoms with E-state index in [9.17, 15) is 4.79 Å². The largest absolute Gasteiger partial charge is 0.492 e. The third-order valence-electron chi connectivity index (χ3n) is 7.59. The number of para-hydroxylation sites is 1. The zero-order chi connectivity index (χ0) is 24.2. The maximum atomic E-state index is 12.9. The van der Waals surface area contributed by atoms with Crippen LogP contribution >= 0.6 is 0 Å². The van der Waals surface area contributed by atoms with Gasteiger partial charge in [-0.3, -0.25) is 14.6 Å². The Morgan fingerprint density at radius 3 is 2.80 bits per heavy atom. The summed E-state index contributed by atoms with van der Waals surface area (Å²) in [6.07, 6.45) is 4.23. The van der Waals surface area contributed by atoms with Crippen molar-refractivity contribution in [2.75, 3.05) is 39.3 Å². The number of aromatic nitrogens is 1. The quantitative estimate of drug-likeness (QED) is 0.542. The Kier molecular flexibility index (Phi) is 7.40. The molecule has 2 aliphatic rings. The molecule has 1 amide bonds. The molecule has 3 heterocycles. The molecule has 35 heavy (non-hydrogen) atoms. The number of ether oxygens (including phenoxy) is 1. The molecule has 0 radical (unpaired) electrons. The monoisotopic (exact) mass is 474 g/mol. The second-order valence-electron chi connectivity index (χ2n) is 9.95. The standard InChI is InChI=1S/C29H38N4O2/c1-3-33(4-2)29(34)23-8-7-13-31(19-23)18-22-11-12-28-24(16-22)20-32(14-15-35-28)21-25-17-30-27-10-6-5-9-26(25)27/h5-6,9-12,16-17,23,30H,3-4,7-8,13-15,18-21H2,1-2H3. The number of hydrogen-bond acceptors (Lipinski definition) is 4. The van der Waals surface area contributed by atoms with Crippen LogP contribution in [0.1, 0.15) is 43.4 Å². The van der Waals surface area contributed by atoms with E-state index in [0.29, 0.717) is 12.5 Å². The SMILES string of the molecule is CCN(CC)C(=O)C1CCCN(Cc2ccc3c(c2)CN(Cc2c[nH]c4ccccc24)CCO3)C1. The number of nitrogens with one attached hydrogen (secondary N) is 1. The van der Waals surface area contributed by atoms with Crippen LogP contribution in [0.15, 0.2) is 48.7 Å². The maximum absolute atomic E-state index is 12.9. The van der Waals surface area contributed by atoms with E-state index in [4.69, 9.17) is 4.74 Å². The van der Waals surface area contributed by atoms with Crippen LogP contribution in [0.25, 0.3) is 10.9 Å². The minimum atomic E-state index is 0.125. The van der Waals surface area contributed by atoms with Crippen LogP contribution < -0.4 is 4.74 Å². The lowest BCUT2D eigenvalue weighted by atomic mass is 9.95. The third kappa shape index (κ3) is 5.39. The van der Waals surface area contributed by atoms with Crippen molar-refractivity contribution in [3.05, 3.63) is 65.4 Å². The summed E-state index contributed by atoms with van der Waals surface area (Å²) >= 11 is 0. The van der Waals surface area contributed by atoms with Crippen molar-refractivity contribution < 1.29 is 9.53 Å². The highest BCUT2D eigenvalue weighted by atomic mass is 16.5. The summed E-state index contributed by atoms with van der Waals surface area (Å²) in [4.78, 5) is 23.2. The van der Waals surface area contributed by atoms with Gasteiger partial charge < -0.3 is 14.6 Å². The molecule has 2 aliphatic heterocycles. The summed E-state index contributed by atoms with van der Waals surface area (Å²) < 4.78 is 6.12. The fourth-order valence-corrected chi connectivity index (χ4v) is 5.69. The highest BCUT2D eigenvalue weighted by molar-refractivity contribution is 5.83. The van der Waals surface area contributed by atoms with Crippen molar-refractivity contribution in [2.45, 2.75) is 46.3 Å². The Morgan fingerprint density at radius 1 is 1.09 bits per heavy atom. The molecule has 186 valence electrons. The van der Waals surface area contributed by atoms with E-state index in [-0.39, 0.29) is 5.92 Å². The summed E-state index contributed by atoms with van der Waals surface area (Å²) in [7, 11) is 0. The first-order valence-electron chi connectivity index (χ1n) is 13.2. The smallest absolute Gasteiger partial charge is 0.226 e. The molecule has 0 bridgehead atoms. The molecule has 1 N–H and O–H groups in total. The third-order valence-corrected chi connectivity index (χ3v) is 7.59. The number of carbonyl (C=O) groups excluding carboxylic acids is 1. The van der Waals surface area contributed by atoms with Crippen molar-refractivity contribution >= 4 is 16.8 Å². The number of nitrogens with zero attached hydrogens (tertiary/aromatic N) is 3. The summed E-state index contributed by atoms with van der Waals surface area (Å²) in [6.45, 7) is 11.9. The van der Waals surface area contributed by atoms with Crippen LogP contribution in [-0.2, 0) is 24.4 Å². The van der Waals surface area contributed by atoms with Crippen LogP contribution in [0.5, 0.6) is 5.75 Å². The van der Waals surface area contributed by atoms with Gasteiger partial charge in [-0.05, 0) is 62.6 Å². The molecule has 1 saturated heterocycles. The van der Waals surface area contributed by atoms with E-state index < -0.39 is 0 Å². The van der Waals surface area contributed by atoms with Gasteiger partial charge in [0.25, 0.3) is 0 Å². The molecular formula is C29H38N4O2. The molecule has 1 atom stereocenters. The van der Waals surface area contributed by atoms with Gasteiger partial charge in [0.2, 0.25) is 5.91 Å². The average Bonchev–Trinajstić information content (AvgIpc) is 3.17. The van der Waals surface area contributed by atoms with Crippen LogP contribution in [-0.4, -0.2) is 64.9 Å². The molecule has 6 nitrogen and oxygen atoms in total. The Labute approximate surface area is 208 Å². The van der Waals surface area contributed by atoms with E-state index in [1.165, 1.54) is 27.6 Å². The lowest BCUT2D eigenvalue weighted by molar-refractivity contribution is -0.137. The van der Waals surface area contributed by atoms with Crippen LogP contribution in [0.2, 0.25) is 0 Å². The summed E-state index contributed by atoms with van der Waals surface area (Å²) in [5.41, 5.74) is 5.08. The second kappa shape index (κ2) is 10.8. The number of likely N-dealkylation sites (tertiary alicyclic amines) is 1. The topological polar surface area (TPSA) is 51.8 Å². The number of fused-ring (bicyclic) bond motifs is 2. The van der Waals surface area contributed by atoms with Gasteiger partial charge in [-0.1, -0.05) is 24.3 Å². The highest BCUT2D eigenvalue weighted by Gasteiger charge is 2.28. The van der Waals surface area contributed by atoms with E-state index >= 15 is 0 Å². The van der Waals surface area contributed by atoms with Gasteiger partial charge in [0.1, 0.15) is 12.4 Å². The van der Waals surface area contributed by atoms with E-state index in [2.05, 4.69) is 77.3 Å². The van der Waals surface area contributed by atoms with Crippen molar-refractivity contribution in [3.8, 4) is 5.75 Å². The molecule has 0 saturated carbocycles. The summed E-state index contributed by atoms with van der Waals surface area (Å²) in [5.74, 6) is 1.45. The van der Waals surface area contributed by atoms with Gasteiger partial charge >= 0.3 is 0 Å². The highest BCUT2D eigenvalue weighted by Crippen LogP contribution is 2.28. The van der Waals surface area contributed by atoms with E-state index in [0.717, 1.165) is 70.9 Å². The molecule has 2 aromatic carbocycles. The molecule has 0 spiro atoms. The van der Waals surface area contributed by atoms with Crippen LogP contribution in [0.4, 0.5) is 0 Å². The minimum absolute atomic E-state index is 0.125. The molecule has 1 fully saturated rings. The fourth-order valence-electron chi connectivity index (χ4n) is 5.69. The number of H-pyrrole nitrogens is 1. The van der Waals surface area contributed by atoms with Gasteiger partial charge in [-0.2, -0.15) is 0 Å². The first kappa shape index (κ1) is 23.9.